The molecule has 0 fully saturated rings. The molecule has 6 nitrogen and oxygen atoms in total. The minimum atomic E-state index is 0. The van der Waals surface area contributed by atoms with E-state index in [1.807, 2.05) is 60.8 Å². The molecule has 0 spiro atoms. The van der Waals surface area contributed by atoms with E-state index in [9.17, 15) is 0 Å². The van der Waals surface area contributed by atoms with E-state index >= 15 is 0 Å². The third-order valence-corrected chi connectivity index (χ3v) is 9.81. The van der Waals surface area contributed by atoms with Crippen LogP contribution in [0.1, 0.15) is 101 Å². The van der Waals surface area contributed by atoms with Crippen LogP contribution >= 0.6 is 0 Å². The van der Waals surface area contributed by atoms with Crippen molar-refractivity contribution >= 4 is 44.8 Å². The van der Waals surface area contributed by atoms with Crippen LogP contribution in [0.15, 0.2) is 115 Å². The Kier molecular flexibility index (Phi) is 11.5. The normalized spacial score (nSPS) is 12.5. The summed E-state index contributed by atoms with van der Waals surface area (Å²) in [5, 5.41) is 1.13. The maximum atomic E-state index is 4.90. The number of benzene rings is 4. The predicted molar refractivity (Wildman–Crippen MR) is 218 cm³/mol. The molecule has 0 N–H and O–H groups in total. The third-order valence-electron chi connectivity index (χ3n) is 9.81. The molecule has 275 valence electrons. The van der Waals surface area contributed by atoms with Crippen LogP contribution < -0.4 is 14.8 Å². The van der Waals surface area contributed by atoms with Crippen LogP contribution in [0.25, 0.3) is 33.5 Å². The van der Waals surface area contributed by atoms with Crippen LogP contribution in [0.5, 0.6) is 0 Å². The van der Waals surface area contributed by atoms with Crippen molar-refractivity contribution in [2.24, 2.45) is 0 Å². The molecular formula is C46H48AuN6-2. The van der Waals surface area contributed by atoms with Gasteiger partial charge in [-0.3, -0.25) is 0 Å². The van der Waals surface area contributed by atoms with Crippen LogP contribution in [-0.2, 0) is 22.4 Å². The average Bonchev–Trinajstić information content (AvgIpc) is 3.76. The summed E-state index contributed by atoms with van der Waals surface area (Å²) in [6.45, 7) is 20.5. The van der Waals surface area contributed by atoms with Crippen LogP contribution in [0.4, 0.5) is 22.9 Å². The minimum absolute atomic E-state index is 0. The molecule has 3 aromatic heterocycles. The number of para-hydroxylation sites is 5. The first kappa shape index (κ1) is 38.0. The molecule has 1 aliphatic heterocycles. The number of hydrogen-bond donors (Lipinski definition) is 0. The molecular weight excluding hydrogens is 834 g/mol. The number of pyridine rings is 2. The van der Waals surface area contributed by atoms with Crippen LogP contribution in [0.3, 0.4) is 0 Å². The maximum Gasteiger partial charge on any atom is 0.126 e. The van der Waals surface area contributed by atoms with Gasteiger partial charge < -0.3 is 19.8 Å². The summed E-state index contributed by atoms with van der Waals surface area (Å²) in [5.41, 5.74) is 12.8. The largest absolute Gasteiger partial charge is 0.471 e. The van der Waals surface area contributed by atoms with E-state index in [0.29, 0.717) is 29.5 Å². The Hall–Kier alpha value is -4.75. The number of rotatable bonds is 7. The Morgan fingerprint density at radius 3 is 1.66 bits per heavy atom. The molecule has 0 saturated carbocycles. The van der Waals surface area contributed by atoms with Crippen molar-refractivity contribution in [3.05, 3.63) is 144 Å². The molecule has 0 atom stereocenters. The fourth-order valence-corrected chi connectivity index (χ4v) is 7.13. The zero-order valence-corrected chi connectivity index (χ0v) is 34.0. The molecule has 7 aromatic rings. The molecule has 53 heavy (non-hydrogen) atoms. The van der Waals surface area contributed by atoms with Crippen molar-refractivity contribution in [1.29, 1.82) is 0 Å². The van der Waals surface area contributed by atoms with Gasteiger partial charge in [0.05, 0.1) is 16.9 Å². The molecule has 1 aliphatic rings. The molecule has 4 aromatic carbocycles. The quantitative estimate of drug-likeness (QED) is 0.117. The Labute approximate surface area is 330 Å². The van der Waals surface area contributed by atoms with Gasteiger partial charge in [0.25, 0.3) is 0 Å². The van der Waals surface area contributed by atoms with Gasteiger partial charge in [0.15, 0.2) is 0 Å². The second-order valence-corrected chi connectivity index (χ2v) is 14.8. The zero-order valence-electron chi connectivity index (χ0n) is 31.8. The number of imidazole rings is 1. The van der Waals surface area contributed by atoms with E-state index in [-0.39, 0.29) is 22.4 Å². The third kappa shape index (κ3) is 7.54. The zero-order chi connectivity index (χ0) is 36.5. The maximum absolute atomic E-state index is 4.90. The summed E-state index contributed by atoms with van der Waals surface area (Å²) in [6, 6.07) is 37.7. The number of anilines is 4. The summed E-state index contributed by atoms with van der Waals surface area (Å²) in [7, 11) is 0. The van der Waals surface area contributed by atoms with Gasteiger partial charge in [0.2, 0.25) is 0 Å². The fraction of sp³-hybridized carbons (Fsp3) is 0.261. The molecule has 0 aliphatic carbocycles. The van der Waals surface area contributed by atoms with E-state index in [2.05, 4.69) is 141 Å². The minimum Gasteiger partial charge on any atom is -0.471 e. The van der Waals surface area contributed by atoms with E-state index in [1.54, 1.807) is 0 Å². The Morgan fingerprint density at radius 2 is 1.08 bits per heavy atom. The predicted octanol–water partition coefficient (Wildman–Crippen LogP) is 12.4. The fourth-order valence-electron chi connectivity index (χ4n) is 7.13. The Morgan fingerprint density at radius 1 is 0.528 bits per heavy atom. The molecule has 4 heterocycles. The smallest absolute Gasteiger partial charge is 0.126 e. The van der Waals surface area contributed by atoms with Crippen molar-refractivity contribution in [3.8, 4) is 11.5 Å². The van der Waals surface area contributed by atoms with Crippen molar-refractivity contribution in [1.82, 2.24) is 19.9 Å². The van der Waals surface area contributed by atoms with Gasteiger partial charge in [0, 0.05) is 45.3 Å². The van der Waals surface area contributed by atoms with Gasteiger partial charge in [-0.25, -0.2) is 9.97 Å². The van der Waals surface area contributed by atoms with Gasteiger partial charge >= 0.3 is 0 Å². The van der Waals surface area contributed by atoms with Gasteiger partial charge in [0.1, 0.15) is 5.82 Å². The van der Waals surface area contributed by atoms with Gasteiger partial charge in [-0.15, -0.1) is 6.67 Å². The first-order valence-corrected chi connectivity index (χ1v) is 18.5. The summed E-state index contributed by atoms with van der Waals surface area (Å²) < 4.78 is 0. The molecule has 0 saturated heterocycles. The average molecular weight is 882 g/mol. The van der Waals surface area contributed by atoms with Crippen LogP contribution in [0.2, 0.25) is 0 Å². The van der Waals surface area contributed by atoms with Crippen molar-refractivity contribution in [2.45, 2.75) is 79.1 Å². The van der Waals surface area contributed by atoms with Crippen molar-refractivity contribution in [3.63, 3.8) is 0 Å². The molecule has 0 unspecified atom stereocenters. The molecule has 0 bridgehead atoms. The molecule has 8 rings (SSSR count). The van der Waals surface area contributed by atoms with Crippen LogP contribution in [-0.4, -0.2) is 15.0 Å². The Balaban J connectivity index is 0.000000203. The second kappa shape index (κ2) is 16.1. The second-order valence-electron chi connectivity index (χ2n) is 14.8. The summed E-state index contributed by atoms with van der Waals surface area (Å²) in [5.74, 6) is 3.38. The van der Waals surface area contributed by atoms with E-state index in [4.69, 9.17) is 4.98 Å². The standard InChI is InChI=1S/C30H38N3.C16H10N3.Au/c1-19(2)23-12-9-13-24(20(3)4)28(23)32-18-33(30-27(32)16-11-17-31-30)29-25(21(5)6)14-10-15-26(29)22(7)8;1-2-6-12-11(5-1)9-10-15(17-12)16-18-13-7-3-4-8-14(13)19-16;/h9-22H,1-8H3;1-10H;/q2*-1;. The number of nitrogens with zero attached hydrogens (tertiary/aromatic N) is 6. The molecule has 0 amide bonds. The van der Waals surface area contributed by atoms with Gasteiger partial charge in [-0.1, -0.05) is 140 Å². The Bertz CT molecular complexity index is 2170. The number of aromatic nitrogens is 4. The van der Waals surface area contributed by atoms with E-state index < -0.39 is 0 Å². The summed E-state index contributed by atoms with van der Waals surface area (Å²) >= 11 is 0. The topological polar surface area (TPSA) is 59.3 Å². The first-order valence-electron chi connectivity index (χ1n) is 18.5. The SMILES string of the molecule is CC(C)c1cccc(C(C)C)c1N1[CH-]N(c2c(C(C)C)cccc2C(C)C)c2ncccc21.[Au].c1ccc2nc(-c3nc4ccccc4[n-]3)ccc2c1. The van der Waals surface area contributed by atoms with Crippen molar-refractivity contribution in [2.75, 3.05) is 9.80 Å². The van der Waals surface area contributed by atoms with Gasteiger partial charge in [-0.05, 0) is 87.0 Å². The van der Waals surface area contributed by atoms with Crippen LogP contribution in [0, 0.1) is 6.67 Å². The summed E-state index contributed by atoms with van der Waals surface area (Å²) in [6.07, 6.45) is 1.91. The van der Waals surface area contributed by atoms with Gasteiger partial charge in [-0.2, -0.15) is 0 Å². The first-order chi connectivity index (χ1) is 25.1. The van der Waals surface area contributed by atoms with E-state index in [0.717, 1.165) is 39.1 Å². The molecule has 1 radical (unpaired) electrons. The van der Waals surface area contributed by atoms with E-state index in [1.165, 1.54) is 33.6 Å². The summed E-state index contributed by atoms with van der Waals surface area (Å²) in [4.78, 5) is 23.3. The number of fused-ring (bicyclic) bond motifs is 3. The molecule has 7 heteroatoms. The monoisotopic (exact) mass is 881 g/mol. The number of hydrogen-bond acceptors (Lipinski definition) is 5. The van der Waals surface area contributed by atoms with Crippen molar-refractivity contribution < 1.29 is 22.4 Å².